The van der Waals surface area contributed by atoms with E-state index in [9.17, 15) is 18.0 Å². The highest BCUT2D eigenvalue weighted by atomic mass is 32.2. The van der Waals surface area contributed by atoms with Crippen LogP contribution in [0.3, 0.4) is 0 Å². The normalized spacial score (nSPS) is 12.2. The first-order valence-electron chi connectivity index (χ1n) is 9.25. The first kappa shape index (κ1) is 22.4. The summed E-state index contributed by atoms with van der Waals surface area (Å²) in [4.78, 5) is 24.5. The van der Waals surface area contributed by atoms with Crippen LogP contribution in [0.25, 0.3) is 0 Å². The van der Waals surface area contributed by atoms with Crippen LogP contribution < -0.4 is 10.0 Å². The van der Waals surface area contributed by atoms with Crippen molar-refractivity contribution in [2.45, 2.75) is 45.6 Å². The molecule has 0 aliphatic heterocycles. The lowest BCUT2D eigenvalue weighted by atomic mass is 10.1. The molecular formula is C21H26N2O5S. The molecule has 0 aliphatic rings. The van der Waals surface area contributed by atoms with E-state index < -0.39 is 28.0 Å². The second-order valence-corrected chi connectivity index (χ2v) is 8.44. The number of ether oxygens (including phenoxy) is 1. The summed E-state index contributed by atoms with van der Waals surface area (Å²) in [5.74, 6) is -1.22. The van der Waals surface area contributed by atoms with Crippen LogP contribution in [-0.2, 0) is 19.6 Å². The largest absolute Gasteiger partial charge is 0.449 e. The van der Waals surface area contributed by atoms with Crippen LogP contribution in [0.1, 0.15) is 40.9 Å². The van der Waals surface area contributed by atoms with Crippen LogP contribution in [0.4, 0.5) is 5.69 Å². The number of esters is 1. The van der Waals surface area contributed by atoms with Crippen LogP contribution in [0.5, 0.6) is 0 Å². The molecule has 0 saturated heterocycles. The van der Waals surface area contributed by atoms with Crippen molar-refractivity contribution in [2.24, 2.45) is 0 Å². The number of sulfonamides is 1. The average Bonchev–Trinajstić information content (AvgIpc) is 2.60. The molecule has 2 N–H and O–H groups in total. The quantitative estimate of drug-likeness (QED) is 0.673. The van der Waals surface area contributed by atoms with E-state index in [0.717, 1.165) is 5.56 Å². The molecule has 2 aromatic rings. The molecule has 156 valence electrons. The average molecular weight is 419 g/mol. The number of nitrogens with one attached hydrogen (secondary N) is 2. The monoisotopic (exact) mass is 418 g/mol. The molecule has 2 rings (SSSR count). The number of hydrogen-bond donors (Lipinski definition) is 2. The maximum absolute atomic E-state index is 13.0. The van der Waals surface area contributed by atoms with Crippen molar-refractivity contribution in [1.29, 1.82) is 0 Å². The number of carbonyl (C=O) groups is 2. The summed E-state index contributed by atoms with van der Waals surface area (Å²) in [7, 11) is -3.94. The highest BCUT2D eigenvalue weighted by Crippen LogP contribution is 2.26. The zero-order valence-electron chi connectivity index (χ0n) is 17.2. The Bertz CT molecular complexity index is 1010. The van der Waals surface area contributed by atoms with Crippen molar-refractivity contribution < 1.29 is 22.7 Å². The van der Waals surface area contributed by atoms with E-state index in [4.69, 9.17) is 4.74 Å². The Labute approximate surface area is 171 Å². The number of para-hydroxylation sites is 1. The zero-order chi connectivity index (χ0) is 21.8. The van der Waals surface area contributed by atoms with Crippen molar-refractivity contribution in [2.75, 3.05) is 11.3 Å². The molecule has 0 fully saturated rings. The third-order valence-corrected chi connectivity index (χ3v) is 5.94. The minimum absolute atomic E-state index is 0.0228. The summed E-state index contributed by atoms with van der Waals surface area (Å²) in [6.45, 7) is 8.96. The van der Waals surface area contributed by atoms with Crippen molar-refractivity contribution in [3.05, 3.63) is 58.7 Å². The second kappa shape index (κ2) is 9.09. The Morgan fingerprint density at radius 1 is 1.07 bits per heavy atom. The van der Waals surface area contributed by atoms with Crippen LogP contribution in [0, 0.1) is 20.8 Å². The minimum Gasteiger partial charge on any atom is -0.449 e. The SMILES string of the molecule is CCNC(=O)[C@@H](C)OC(=O)c1ccccc1NS(=O)(=O)c1c(C)cc(C)cc1C. The van der Waals surface area contributed by atoms with Gasteiger partial charge in [-0.05, 0) is 57.9 Å². The number of benzene rings is 2. The Balaban J connectivity index is 2.34. The molecule has 29 heavy (non-hydrogen) atoms. The second-order valence-electron chi connectivity index (χ2n) is 6.82. The number of rotatable bonds is 7. The van der Waals surface area contributed by atoms with Gasteiger partial charge in [0.1, 0.15) is 0 Å². The molecule has 8 heteroatoms. The minimum atomic E-state index is -3.94. The van der Waals surface area contributed by atoms with Crippen molar-refractivity contribution in [3.63, 3.8) is 0 Å². The lowest BCUT2D eigenvalue weighted by Gasteiger charge is -2.17. The van der Waals surface area contributed by atoms with Gasteiger partial charge in [-0.3, -0.25) is 9.52 Å². The van der Waals surface area contributed by atoms with E-state index in [1.54, 1.807) is 45.0 Å². The van der Waals surface area contributed by atoms with E-state index in [0.29, 0.717) is 17.7 Å². The standard InChI is InChI=1S/C21H26N2O5S/c1-6-22-20(24)16(5)28-21(25)17-9-7-8-10-18(17)23-29(26,27)19-14(3)11-13(2)12-15(19)4/h7-12,16,23H,6H2,1-5H3,(H,22,24)/t16-/m1/s1. The predicted octanol–water partition coefficient (Wildman–Crippen LogP) is 3.09. The summed E-state index contributed by atoms with van der Waals surface area (Å²) in [6.07, 6.45) is -1.01. The summed E-state index contributed by atoms with van der Waals surface area (Å²) in [6, 6.07) is 9.69. The van der Waals surface area contributed by atoms with Crippen LogP contribution in [0.15, 0.2) is 41.3 Å². The fourth-order valence-corrected chi connectivity index (χ4v) is 4.67. The molecule has 1 amide bonds. The maximum Gasteiger partial charge on any atom is 0.341 e. The number of amides is 1. The van der Waals surface area contributed by atoms with Crippen LogP contribution >= 0.6 is 0 Å². The lowest BCUT2D eigenvalue weighted by Crippen LogP contribution is -2.35. The van der Waals surface area contributed by atoms with Gasteiger partial charge in [0.2, 0.25) is 0 Å². The molecule has 1 atom stereocenters. The fraction of sp³-hybridized carbons (Fsp3) is 0.333. The number of anilines is 1. The summed E-state index contributed by atoms with van der Waals surface area (Å²) in [5, 5.41) is 2.57. The molecule has 0 bridgehead atoms. The van der Waals surface area contributed by atoms with Crippen molar-refractivity contribution in [3.8, 4) is 0 Å². The van der Waals surface area contributed by atoms with E-state index in [1.165, 1.54) is 19.1 Å². The molecule has 0 spiro atoms. The van der Waals surface area contributed by atoms with Crippen LogP contribution in [0.2, 0.25) is 0 Å². The van der Waals surface area contributed by atoms with Gasteiger partial charge in [-0.2, -0.15) is 0 Å². The van der Waals surface area contributed by atoms with Gasteiger partial charge in [-0.25, -0.2) is 13.2 Å². The molecule has 0 aromatic heterocycles. The predicted molar refractivity (Wildman–Crippen MR) is 111 cm³/mol. The lowest BCUT2D eigenvalue weighted by molar-refractivity contribution is -0.128. The van der Waals surface area contributed by atoms with Gasteiger partial charge in [-0.1, -0.05) is 29.8 Å². The number of carbonyl (C=O) groups excluding carboxylic acids is 2. The molecule has 0 saturated carbocycles. The van der Waals surface area contributed by atoms with Gasteiger partial charge in [0.15, 0.2) is 6.10 Å². The molecular weight excluding hydrogens is 392 g/mol. The molecule has 0 heterocycles. The van der Waals surface area contributed by atoms with Gasteiger partial charge < -0.3 is 10.1 Å². The Morgan fingerprint density at radius 2 is 1.66 bits per heavy atom. The van der Waals surface area contributed by atoms with E-state index in [1.807, 2.05) is 6.92 Å². The molecule has 0 aliphatic carbocycles. The first-order valence-corrected chi connectivity index (χ1v) is 10.7. The van der Waals surface area contributed by atoms with Crippen molar-refractivity contribution in [1.82, 2.24) is 5.32 Å². The van der Waals surface area contributed by atoms with Gasteiger partial charge >= 0.3 is 5.97 Å². The molecule has 7 nitrogen and oxygen atoms in total. The number of likely N-dealkylation sites (N-methyl/N-ethyl adjacent to an activating group) is 1. The highest BCUT2D eigenvalue weighted by Gasteiger charge is 2.24. The molecule has 2 aromatic carbocycles. The summed E-state index contributed by atoms with van der Waals surface area (Å²) >= 11 is 0. The third kappa shape index (κ3) is 5.35. The highest BCUT2D eigenvalue weighted by molar-refractivity contribution is 7.92. The summed E-state index contributed by atoms with van der Waals surface area (Å²) in [5.41, 5.74) is 2.29. The smallest absolute Gasteiger partial charge is 0.341 e. The number of hydrogen-bond acceptors (Lipinski definition) is 5. The maximum atomic E-state index is 13.0. The fourth-order valence-electron chi connectivity index (χ4n) is 3.13. The zero-order valence-corrected chi connectivity index (χ0v) is 18.0. The Morgan fingerprint density at radius 3 is 2.24 bits per heavy atom. The van der Waals surface area contributed by atoms with Crippen molar-refractivity contribution >= 4 is 27.6 Å². The van der Waals surface area contributed by atoms with Gasteiger partial charge in [0.05, 0.1) is 16.1 Å². The van der Waals surface area contributed by atoms with E-state index >= 15 is 0 Å². The van der Waals surface area contributed by atoms with Crippen LogP contribution in [-0.4, -0.2) is 32.9 Å². The van der Waals surface area contributed by atoms with E-state index in [2.05, 4.69) is 10.0 Å². The third-order valence-electron chi connectivity index (χ3n) is 4.27. The topological polar surface area (TPSA) is 102 Å². The van der Waals surface area contributed by atoms with Gasteiger partial charge in [0, 0.05) is 6.54 Å². The molecule has 0 unspecified atom stereocenters. The van der Waals surface area contributed by atoms with E-state index in [-0.39, 0.29) is 16.1 Å². The Hall–Kier alpha value is -2.87. The van der Waals surface area contributed by atoms with Gasteiger partial charge in [0.25, 0.3) is 15.9 Å². The first-order chi connectivity index (χ1) is 13.6. The Kier molecular flexibility index (Phi) is 7.02. The van der Waals surface area contributed by atoms with Gasteiger partial charge in [-0.15, -0.1) is 0 Å². The summed E-state index contributed by atoms with van der Waals surface area (Å²) < 4.78 is 33.7. The molecule has 0 radical (unpaired) electrons. The number of aryl methyl sites for hydroxylation is 3.